The third-order valence-electron chi connectivity index (χ3n) is 5.03. The van der Waals surface area contributed by atoms with Gasteiger partial charge in [0.1, 0.15) is 17.5 Å². The average Bonchev–Trinajstić information content (AvgIpc) is 2.84. The number of hydrogen-bond donors (Lipinski definition) is 1. The van der Waals surface area contributed by atoms with Crippen LogP contribution in [0.1, 0.15) is 60.7 Å². The summed E-state index contributed by atoms with van der Waals surface area (Å²) in [4.78, 5) is 25.1. The van der Waals surface area contributed by atoms with Gasteiger partial charge < -0.3 is 33.5 Å². The molecule has 2 rings (SSSR count). The summed E-state index contributed by atoms with van der Waals surface area (Å²) in [5.74, 6) is 0.588. The van der Waals surface area contributed by atoms with Gasteiger partial charge in [0, 0.05) is 13.0 Å². The molecule has 0 aliphatic rings. The Kier molecular flexibility index (Phi) is 10.9. The number of benzene rings is 2. The molecule has 0 aliphatic carbocycles. The fraction of sp³-hybridized carbons (Fsp3) is 0.481. The summed E-state index contributed by atoms with van der Waals surface area (Å²) >= 11 is 0. The van der Waals surface area contributed by atoms with Crippen molar-refractivity contribution < 1.29 is 43.1 Å². The molecule has 0 bridgehead atoms. The van der Waals surface area contributed by atoms with Gasteiger partial charge in [-0.05, 0) is 63.9 Å². The van der Waals surface area contributed by atoms with Crippen molar-refractivity contribution in [2.24, 2.45) is 0 Å². The number of ether oxygens (including phenoxy) is 6. The van der Waals surface area contributed by atoms with Crippen LogP contribution in [0.15, 0.2) is 36.4 Å². The zero-order chi connectivity index (χ0) is 26.7. The van der Waals surface area contributed by atoms with Gasteiger partial charge in [-0.2, -0.15) is 0 Å². The molecule has 0 aliphatic heterocycles. The van der Waals surface area contributed by atoms with Crippen molar-refractivity contribution in [3.63, 3.8) is 0 Å². The zero-order valence-corrected chi connectivity index (χ0v) is 21.8. The largest absolute Gasteiger partial charge is 0.494 e. The number of aliphatic hydroxyl groups excluding tert-OH is 1. The molecule has 0 amide bonds. The first-order valence-electron chi connectivity index (χ1n) is 11.7. The van der Waals surface area contributed by atoms with E-state index in [9.17, 15) is 14.7 Å². The van der Waals surface area contributed by atoms with E-state index < -0.39 is 23.6 Å². The molecule has 0 fully saturated rings. The standard InChI is InChI=1S/C27H36O9/c1-27(2,3)36-26(30)18-9-7-10-21(15-18)34-14-8-11-20(12-13-28)35-25(29)19-16-22(31-4)24(33-6)23(17-19)32-5/h7,9-10,15-17,20,28H,8,11-14H2,1-6H3. The maximum atomic E-state index is 12.8. The number of carbonyl (C=O) groups is 2. The minimum atomic E-state index is -0.588. The number of carbonyl (C=O) groups excluding carboxylic acids is 2. The van der Waals surface area contributed by atoms with Crippen molar-refractivity contribution in [2.45, 2.75) is 51.7 Å². The molecule has 1 N–H and O–H groups in total. The van der Waals surface area contributed by atoms with E-state index in [0.29, 0.717) is 48.0 Å². The summed E-state index contributed by atoms with van der Waals surface area (Å²) in [5, 5.41) is 9.43. The second-order valence-corrected chi connectivity index (χ2v) is 8.97. The van der Waals surface area contributed by atoms with Gasteiger partial charge in [0.25, 0.3) is 0 Å². The highest BCUT2D eigenvalue weighted by molar-refractivity contribution is 5.91. The van der Waals surface area contributed by atoms with Crippen LogP contribution in [-0.2, 0) is 9.47 Å². The lowest BCUT2D eigenvalue weighted by Crippen LogP contribution is -2.23. The van der Waals surface area contributed by atoms with E-state index in [2.05, 4.69) is 0 Å². The first-order valence-corrected chi connectivity index (χ1v) is 11.7. The van der Waals surface area contributed by atoms with Gasteiger partial charge in [0.15, 0.2) is 11.5 Å². The van der Waals surface area contributed by atoms with E-state index in [1.807, 2.05) is 20.8 Å². The number of hydrogen-bond acceptors (Lipinski definition) is 9. The van der Waals surface area contributed by atoms with Crippen LogP contribution in [0.4, 0.5) is 0 Å². The number of esters is 2. The number of aliphatic hydroxyl groups is 1. The molecule has 0 saturated heterocycles. The first kappa shape index (κ1) is 28.8. The molecule has 36 heavy (non-hydrogen) atoms. The molecule has 9 heteroatoms. The Balaban J connectivity index is 1.96. The van der Waals surface area contributed by atoms with Crippen molar-refractivity contribution in [1.29, 1.82) is 0 Å². The molecule has 1 atom stereocenters. The van der Waals surface area contributed by atoms with Gasteiger partial charge in [0.05, 0.1) is 39.1 Å². The maximum absolute atomic E-state index is 12.8. The van der Waals surface area contributed by atoms with E-state index in [-0.39, 0.29) is 18.6 Å². The van der Waals surface area contributed by atoms with E-state index >= 15 is 0 Å². The van der Waals surface area contributed by atoms with Crippen molar-refractivity contribution in [1.82, 2.24) is 0 Å². The lowest BCUT2D eigenvalue weighted by Gasteiger charge is -2.20. The first-order chi connectivity index (χ1) is 17.1. The normalized spacial score (nSPS) is 11.9. The molecule has 0 aromatic heterocycles. The molecular weight excluding hydrogens is 468 g/mol. The van der Waals surface area contributed by atoms with E-state index in [1.165, 1.54) is 33.5 Å². The molecule has 1 unspecified atom stereocenters. The summed E-state index contributed by atoms with van der Waals surface area (Å²) in [6, 6.07) is 9.80. The molecule has 2 aromatic rings. The Morgan fingerprint density at radius 2 is 1.56 bits per heavy atom. The van der Waals surface area contributed by atoms with Crippen LogP contribution in [0.2, 0.25) is 0 Å². The summed E-state index contributed by atoms with van der Waals surface area (Å²) in [6.45, 7) is 5.63. The van der Waals surface area contributed by atoms with Gasteiger partial charge in [-0.25, -0.2) is 9.59 Å². The average molecular weight is 505 g/mol. The molecule has 0 heterocycles. The molecule has 0 spiro atoms. The Hall–Kier alpha value is -3.46. The van der Waals surface area contributed by atoms with Gasteiger partial charge >= 0.3 is 11.9 Å². The fourth-order valence-electron chi connectivity index (χ4n) is 3.38. The summed E-state index contributed by atoms with van der Waals surface area (Å²) < 4.78 is 32.7. The third kappa shape index (κ3) is 8.64. The van der Waals surface area contributed by atoms with Crippen molar-refractivity contribution >= 4 is 11.9 Å². The SMILES string of the molecule is COc1cc(C(=O)OC(CCO)CCCOc2cccc(C(=O)OC(C)(C)C)c2)cc(OC)c1OC. The van der Waals surface area contributed by atoms with Gasteiger partial charge in [-0.15, -0.1) is 0 Å². The van der Waals surface area contributed by atoms with Gasteiger partial charge in [0.2, 0.25) is 5.75 Å². The van der Waals surface area contributed by atoms with Crippen LogP contribution in [-0.4, -0.2) is 63.3 Å². The topological polar surface area (TPSA) is 110 Å². The number of rotatable bonds is 13. The van der Waals surface area contributed by atoms with Crippen molar-refractivity contribution in [3.8, 4) is 23.0 Å². The maximum Gasteiger partial charge on any atom is 0.338 e. The smallest absolute Gasteiger partial charge is 0.338 e. The third-order valence-corrected chi connectivity index (χ3v) is 5.03. The second-order valence-electron chi connectivity index (χ2n) is 8.97. The predicted molar refractivity (Wildman–Crippen MR) is 133 cm³/mol. The van der Waals surface area contributed by atoms with Gasteiger partial charge in [-0.1, -0.05) is 6.07 Å². The van der Waals surface area contributed by atoms with E-state index in [4.69, 9.17) is 28.4 Å². The quantitative estimate of drug-likeness (QED) is 0.313. The van der Waals surface area contributed by atoms with Crippen molar-refractivity contribution in [2.75, 3.05) is 34.5 Å². The van der Waals surface area contributed by atoms with Gasteiger partial charge in [-0.3, -0.25) is 0 Å². The van der Waals surface area contributed by atoms with Crippen LogP contribution in [0, 0.1) is 0 Å². The Bertz CT molecular complexity index is 986. The second kappa shape index (κ2) is 13.6. The summed E-state index contributed by atoms with van der Waals surface area (Å²) in [7, 11) is 4.40. The highest BCUT2D eigenvalue weighted by Gasteiger charge is 2.21. The molecule has 0 saturated carbocycles. The lowest BCUT2D eigenvalue weighted by atomic mass is 10.1. The fourth-order valence-corrected chi connectivity index (χ4v) is 3.38. The highest BCUT2D eigenvalue weighted by atomic mass is 16.6. The molecule has 0 radical (unpaired) electrons. The lowest BCUT2D eigenvalue weighted by molar-refractivity contribution is 0.00685. The highest BCUT2D eigenvalue weighted by Crippen LogP contribution is 2.38. The summed E-state index contributed by atoms with van der Waals surface area (Å²) in [6.07, 6.45) is 0.801. The van der Waals surface area contributed by atoms with Crippen molar-refractivity contribution in [3.05, 3.63) is 47.5 Å². The van der Waals surface area contributed by atoms with Crippen LogP contribution in [0.5, 0.6) is 23.0 Å². The van der Waals surface area contributed by atoms with Crippen LogP contribution >= 0.6 is 0 Å². The Labute approximate surface area is 212 Å². The van der Waals surface area contributed by atoms with Crippen LogP contribution in [0.3, 0.4) is 0 Å². The monoisotopic (exact) mass is 504 g/mol. The molecule has 2 aromatic carbocycles. The Morgan fingerprint density at radius 1 is 0.889 bits per heavy atom. The summed E-state index contributed by atoms with van der Waals surface area (Å²) in [5.41, 5.74) is 0.0531. The minimum absolute atomic E-state index is 0.133. The molecular formula is C27H36O9. The van der Waals surface area contributed by atoms with Crippen LogP contribution < -0.4 is 18.9 Å². The number of methoxy groups -OCH3 is 3. The van der Waals surface area contributed by atoms with Crippen LogP contribution in [0.25, 0.3) is 0 Å². The Morgan fingerprint density at radius 3 is 2.11 bits per heavy atom. The van der Waals surface area contributed by atoms with E-state index in [1.54, 1.807) is 24.3 Å². The van der Waals surface area contributed by atoms with E-state index in [0.717, 1.165) is 0 Å². The minimum Gasteiger partial charge on any atom is -0.494 e. The molecule has 198 valence electrons. The predicted octanol–water partition coefficient (Wildman–Crippen LogP) is 4.43. The molecule has 9 nitrogen and oxygen atoms in total. The zero-order valence-electron chi connectivity index (χ0n) is 21.8.